The van der Waals surface area contributed by atoms with Crippen LogP contribution in [0.2, 0.25) is 5.02 Å². The second kappa shape index (κ2) is 6.13. The molecule has 1 aromatic carbocycles. The highest BCUT2D eigenvalue weighted by Gasteiger charge is 2.15. The van der Waals surface area contributed by atoms with Gasteiger partial charge in [-0.05, 0) is 24.6 Å². The third-order valence-electron chi connectivity index (χ3n) is 3.26. The van der Waals surface area contributed by atoms with Gasteiger partial charge in [0.2, 0.25) is 10.0 Å². The molecule has 114 valence electrons. The van der Waals surface area contributed by atoms with Gasteiger partial charge in [-0.2, -0.15) is 4.31 Å². The highest BCUT2D eigenvalue weighted by Crippen LogP contribution is 2.19. The molecule has 8 heteroatoms. The zero-order valence-electron chi connectivity index (χ0n) is 12.1. The van der Waals surface area contributed by atoms with Crippen molar-refractivity contribution >= 4 is 21.6 Å². The number of halogens is 1. The van der Waals surface area contributed by atoms with Gasteiger partial charge >= 0.3 is 0 Å². The van der Waals surface area contributed by atoms with Gasteiger partial charge in [-0.25, -0.2) is 13.1 Å². The first-order valence-corrected chi connectivity index (χ1v) is 8.57. The first-order valence-electron chi connectivity index (χ1n) is 6.35. The average Bonchev–Trinajstić information content (AvgIpc) is 2.86. The third-order valence-corrected chi connectivity index (χ3v) is 4.77. The summed E-state index contributed by atoms with van der Waals surface area (Å²) in [7, 11) is -1.72. The van der Waals surface area contributed by atoms with Crippen molar-refractivity contribution in [3.8, 4) is 0 Å². The molecule has 2 aromatic rings. The summed E-state index contributed by atoms with van der Waals surface area (Å²) < 4.78 is 25.7. The fourth-order valence-corrected chi connectivity index (χ4v) is 2.31. The number of hydrogen-bond acceptors (Lipinski definition) is 4. The predicted octanol–water partition coefficient (Wildman–Crippen LogP) is 1.93. The topological polar surface area (TPSA) is 68.1 Å². The van der Waals surface area contributed by atoms with Crippen LogP contribution in [0.5, 0.6) is 0 Å². The van der Waals surface area contributed by atoms with E-state index in [1.807, 2.05) is 31.2 Å². The molecule has 0 saturated carbocycles. The van der Waals surface area contributed by atoms with Crippen LogP contribution < -0.4 is 0 Å². The minimum absolute atomic E-state index is 0.00736. The van der Waals surface area contributed by atoms with Gasteiger partial charge in [0.15, 0.2) is 0 Å². The molecule has 0 radical (unpaired) electrons. The molecule has 0 amide bonds. The summed E-state index contributed by atoms with van der Waals surface area (Å²) in [5.74, 6) is 0. The number of hydrogen-bond donors (Lipinski definition) is 0. The van der Waals surface area contributed by atoms with E-state index in [4.69, 9.17) is 11.6 Å². The van der Waals surface area contributed by atoms with E-state index in [0.29, 0.717) is 10.7 Å². The Morgan fingerprint density at radius 2 is 1.95 bits per heavy atom. The minimum Gasteiger partial charge on any atom is -0.245 e. The molecular formula is C13H17ClN4O2S. The number of nitrogens with zero attached hydrogens (tertiary/aromatic N) is 4. The van der Waals surface area contributed by atoms with Crippen LogP contribution in [0.1, 0.15) is 24.2 Å². The quantitative estimate of drug-likeness (QED) is 0.841. The summed E-state index contributed by atoms with van der Waals surface area (Å²) in [4.78, 5) is 0. The number of sulfonamides is 1. The first-order chi connectivity index (χ1) is 9.77. The summed E-state index contributed by atoms with van der Waals surface area (Å²) in [5, 5.41) is 8.76. The fourth-order valence-electron chi connectivity index (χ4n) is 1.81. The van der Waals surface area contributed by atoms with E-state index < -0.39 is 10.0 Å². The van der Waals surface area contributed by atoms with Crippen molar-refractivity contribution in [2.24, 2.45) is 0 Å². The van der Waals surface area contributed by atoms with Gasteiger partial charge in [0.05, 0.1) is 30.7 Å². The Labute approximate surface area is 129 Å². The molecule has 6 nitrogen and oxygen atoms in total. The molecule has 0 aliphatic carbocycles. The molecule has 0 saturated heterocycles. The van der Waals surface area contributed by atoms with E-state index in [1.165, 1.54) is 11.4 Å². The monoisotopic (exact) mass is 328 g/mol. The largest absolute Gasteiger partial charge is 0.245 e. The normalized spacial score (nSPS) is 13.6. The molecule has 0 aliphatic heterocycles. The van der Waals surface area contributed by atoms with Crippen LogP contribution in [0.15, 0.2) is 30.5 Å². The van der Waals surface area contributed by atoms with Crippen LogP contribution >= 0.6 is 11.6 Å². The third kappa shape index (κ3) is 4.03. The number of rotatable bonds is 5. The van der Waals surface area contributed by atoms with Crippen molar-refractivity contribution in [3.63, 3.8) is 0 Å². The Balaban J connectivity index is 2.14. The average molecular weight is 329 g/mol. The molecule has 0 aliphatic rings. The molecular weight excluding hydrogens is 312 g/mol. The van der Waals surface area contributed by atoms with Crippen LogP contribution in [0, 0.1) is 0 Å². The maximum Gasteiger partial charge on any atom is 0.211 e. The van der Waals surface area contributed by atoms with Gasteiger partial charge < -0.3 is 0 Å². The number of benzene rings is 1. The fraction of sp³-hybridized carbons (Fsp3) is 0.385. The Morgan fingerprint density at radius 1 is 1.33 bits per heavy atom. The highest BCUT2D eigenvalue weighted by molar-refractivity contribution is 7.88. The van der Waals surface area contributed by atoms with Crippen molar-refractivity contribution in [1.82, 2.24) is 19.3 Å². The molecule has 2 rings (SSSR count). The van der Waals surface area contributed by atoms with Crippen LogP contribution in [0.3, 0.4) is 0 Å². The number of aromatic nitrogens is 3. The van der Waals surface area contributed by atoms with Gasteiger partial charge in [0.1, 0.15) is 0 Å². The molecule has 1 aromatic heterocycles. The summed E-state index contributed by atoms with van der Waals surface area (Å²) >= 11 is 5.87. The van der Waals surface area contributed by atoms with E-state index in [-0.39, 0.29) is 12.6 Å². The standard InChI is InChI=1S/C13H17ClN4O2S/c1-10(11-4-6-12(14)7-5-11)18-9-13(15-16-18)8-17(2)21(3,19)20/h4-7,9-10H,8H2,1-3H3/t10-/m1/s1. The molecule has 0 spiro atoms. The second-order valence-corrected chi connectivity index (χ2v) is 7.46. The van der Waals surface area contributed by atoms with Gasteiger partial charge in [0.25, 0.3) is 0 Å². The lowest BCUT2D eigenvalue weighted by atomic mass is 10.1. The van der Waals surface area contributed by atoms with E-state index in [0.717, 1.165) is 11.8 Å². The highest BCUT2D eigenvalue weighted by atomic mass is 35.5. The zero-order valence-corrected chi connectivity index (χ0v) is 13.6. The summed E-state index contributed by atoms with van der Waals surface area (Å²) in [6, 6.07) is 7.49. The second-order valence-electron chi connectivity index (χ2n) is 4.94. The Morgan fingerprint density at radius 3 is 2.52 bits per heavy atom. The Bertz CT molecular complexity index is 712. The lowest BCUT2D eigenvalue weighted by molar-refractivity contribution is 0.467. The van der Waals surface area contributed by atoms with Gasteiger partial charge in [-0.15, -0.1) is 5.10 Å². The molecule has 0 N–H and O–H groups in total. The lowest BCUT2D eigenvalue weighted by Gasteiger charge is -2.12. The summed E-state index contributed by atoms with van der Waals surface area (Å²) in [6.45, 7) is 2.19. The van der Waals surface area contributed by atoms with Crippen molar-refractivity contribution < 1.29 is 8.42 Å². The van der Waals surface area contributed by atoms with Crippen LogP contribution in [-0.2, 0) is 16.6 Å². The minimum atomic E-state index is -3.23. The SMILES string of the molecule is C[C@H](c1ccc(Cl)cc1)n1cc(CN(C)S(C)(=O)=O)nn1. The van der Waals surface area contributed by atoms with Crippen molar-refractivity contribution in [2.75, 3.05) is 13.3 Å². The van der Waals surface area contributed by atoms with Gasteiger partial charge in [-0.3, -0.25) is 0 Å². The molecule has 1 atom stereocenters. The molecule has 0 unspecified atom stereocenters. The lowest BCUT2D eigenvalue weighted by Crippen LogP contribution is -2.25. The summed E-state index contributed by atoms with van der Waals surface area (Å²) in [6.07, 6.45) is 2.91. The Hall–Kier alpha value is -1.44. The van der Waals surface area contributed by atoms with Crippen molar-refractivity contribution in [1.29, 1.82) is 0 Å². The van der Waals surface area contributed by atoms with Crippen molar-refractivity contribution in [3.05, 3.63) is 46.7 Å². The predicted molar refractivity (Wildman–Crippen MR) is 81.6 cm³/mol. The molecule has 0 bridgehead atoms. The maximum atomic E-state index is 11.4. The maximum absolute atomic E-state index is 11.4. The van der Waals surface area contributed by atoms with Crippen LogP contribution in [0.25, 0.3) is 0 Å². The molecule has 21 heavy (non-hydrogen) atoms. The van der Waals surface area contributed by atoms with Gasteiger partial charge in [-0.1, -0.05) is 28.9 Å². The summed E-state index contributed by atoms with van der Waals surface area (Å²) in [5.41, 5.74) is 1.65. The molecule has 0 fully saturated rings. The van der Waals surface area contributed by atoms with Crippen LogP contribution in [-0.4, -0.2) is 41.0 Å². The van der Waals surface area contributed by atoms with E-state index in [9.17, 15) is 8.42 Å². The zero-order chi connectivity index (χ0) is 15.6. The first kappa shape index (κ1) is 15.9. The smallest absolute Gasteiger partial charge is 0.211 e. The van der Waals surface area contributed by atoms with E-state index >= 15 is 0 Å². The van der Waals surface area contributed by atoms with E-state index in [2.05, 4.69) is 10.3 Å². The van der Waals surface area contributed by atoms with Crippen LogP contribution in [0.4, 0.5) is 0 Å². The van der Waals surface area contributed by atoms with E-state index in [1.54, 1.807) is 10.9 Å². The Kier molecular flexibility index (Phi) is 4.65. The van der Waals surface area contributed by atoms with Gasteiger partial charge in [0, 0.05) is 12.1 Å². The molecule has 1 heterocycles. The van der Waals surface area contributed by atoms with Crippen molar-refractivity contribution in [2.45, 2.75) is 19.5 Å².